The molecule has 0 bridgehead atoms. The summed E-state index contributed by atoms with van der Waals surface area (Å²) in [5.41, 5.74) is 9.65. The summed E-state index contributed by atoms with van der Waals surface area (Å²) in [4.78, 5) is 1.31. The van der Waals surface area contributed by atoms with Gasteiger partial charge < -0.3 is 9.13 Å². The predicted octanol–water partition coefficient (Wildman–Crippen LogP) is 13.4. The van der Waals surface area contributed by atoms with Crippen LogP contribution >= 0.6 is 22.7 Å². The highest BCUT2D eigenvalue weighted by molar-refractivity contribution is 7.30. The Balaban J connectivity index is 1.20. The van der Waals surface area contributed by atoms with Crippen molar-refractivity contribution < 1.29 is 0 Å². The van der Waals surface area contributed by atoms with Crippen molar-refractivity contribution in [3.8, 4) is 17.1 Å². The molecule has 5 heteroatoms. The maximum Gasteiger partial charge on any atom is 0.110 e. The molecule has 0 N–H and O–H groups in total. The first kappa shape index (κ1) is 27.7. The lowest BCUT2D eigenvalue weighted by atomic mass is 10.1. The van der Waals surface area contributed by atoms with Crippen molar-refractivity contribution in [2.75, 3.05) is 0 Å². The van der Waals surface area contributed by atoms with E-state index in [0.29, 0.717) is 0 Å². The molecule has 51 heavy (non-hydrogen) atoms. The Morgan fingerprint density at radius 1 is 0.333 bits per heavy atom. The molecule has 0 spiro atoms. The largest absolute Gasteiger partial charge is 0.309 e. The highest BCUT2D eigenvalue weighted by Crippen LogP contribution is 2.48. The molecule has 12 aromatic rings. The molecule has 3 nitrogen and oxygen atoms in total. The summed E-state index contributed by atoms with van der Waals surface area (Å²) in [7, 11) is 0. The van der Waals surface area contributed by atoms with Crippen molar-refractivity contribution in [2.24, 2.45) is 0 Å². The number of fused-ring (bicyclic) bond motifs is 13. The van der Waals surface area contributed by atoms with E-state index >= 15 is 0 Å². The van der Waals surface area contributed by atoms with Crippen LogP contribution in [0.2, 0.25) is 0 Å². The molecule has 7 aromatic carbocycles. The number of nitrogens with zero attached hydrogens (tertiary/aromatic N) is 3. The van der Waals surface area contributed by atoms with Crippen molar-refractivity contribution in [1.82, 2.24) is 13.7 Å². The van der Waals surface area contributed by atoms with Crippen LogP contribution in [0.3, 0.4) is 0 Å². The van der Waals surface area contributed by atoms with Crippen LogP contribution in [0.25, 0.3) is 101 Å². The quantitative estimate of drug-likeness (QED) is 0.176. The summed E-state index contributed by atoms with van der Waals surface area (Å²) in [5, 5.41) is 9.04. The number of hydrogen-bond donors (Lipinski definition) is 0. The summed E-state index contributed by atoms with van der Waals surface area (Å²) in [6.45, 7) is 0. The van der Waals surface area contributed by atoms with Gasteiger partial charge in [-0.25, -0.2) is 0 Å². The lowest BCUT2D eigenvalue weighted by molar-refractivity contribution is 1.16. The van der Waals surface area contributed by atoms with Crippen molar-refractivity contribution in [3.05, 3.63) is 164 Å². The van der Waals surface area contributed by atoms with Crippen molar-refractivity contribution in [3.63, 3.8) is 0 Å². The summed E-state index contributed by atoms with van der Waals surface area (Å²) in [6.07, 6.45) is 0. The molecule has 5 aromatic heterocycles. The second kappa shape index (κ2) is 10.2. The highest BCUT2D eigenvalue weighted by atomic mass is 32.1. The van der Waals surface area contributed by atoms with Gasteiger partial charge in [0.05, 0.1) is 32.3 Å². The Hall–Kier alpha value is -6.14. The number of aromatic nitrogens is 3. The van der Waals surface area contributed by atoms with Crippen LogP contribution in [0.5, 0.6) is 0 Å². The average molecular weight is 686 g/mol. The molecular weight excluding hydrogens is 659 g/mol. The minimum atomic E-state index is 1.16. The minimum absolute atomic E-state index is 1.16. The van der Waals surface area contributed by atoms with Crippen LogP contribution in [-0.4, -0.2) is 13.7 Å². The summed E-state index contributed by atoms with van der Waals surface area (Å²) < 4.78 is 11.4. The zero-order valence-corrected chi connectivity index (χ0v) is 28.9. The van der Waals surface area contributed by atoms with Gasteiger partial charge in [0.25, 0.3) is 0 Å². The number of rotatable bonds is 3. The Morgan fingerprint density at radius 3 is 1.49 bits per heavy atom. The molecule has 0 amide bonds. The van der Waals surface area contributed by atoms with Crippen molar-refractivity contribution in [1.29, 1.82) is 0 Å². The summed E-state index contributed by atoms with van der Waals surface area (Å²) in [6, 6.07) is 60.1. The first-order chi connectivity index (χ1) is 25.3. The Labute approximate surface area is 300 Å². The first-order valence-electron chi connectivity index (χ1n) is 17.3. The molecule has 0 atom stereocenters. The van der Waals surface area contributed by atoms with E-state index in [1.54, 1.807) is 0 Å². The Kier molecular flexibility index (Phi) is 5.53. The molecule has 5 heterocycles. The zero-order chi connectivity index (χ0) is 33.2. The van der Waals surface area contributed by atoms with Crippen LogP contribution in [0.4, 0.5) is 0 Å². The summed E-state index contributed by atoms with van der Waals surface area (Å²) >= 11 is 3.81. The van der Waals surface area contributed by atoms with Gasteiger partial charge in [-0.05, 0) is 72.8 Å². The van der Waals surface area contributed by atoms with Crippen LogP contribution in [-0.2, 0) is 0 Å². The molecule has 0 fully saturated rings. The van der Waals surface area contributed by atoms with E-state index in [2.05, 4.69) is 177 Å². The van der Waals surface area contributed by atoms with Gasteiger partial charge in [-0.3, -0.25) is 4.57 Å². The smallest absolute Gasteiger partial charge is 0.110 e. The predicted molar refractivity (Wildman–Crippen MR) is 220 cm³/mol. The van der Waals surface area contributed by atoms with Crippen LogP contribution in [0, 0.1) is 0 Å². The fourth-order valence-corrected chi connectivity index (χ4v) is 11.1. The van der Waals surface area contributed by atoms with Crippen molar-refractivity contribution >= 4 is 107 Å². The lowest BCUT2D eigenvalue weighted by Crippen LogP contribution is -1.95. The Bertz CT molecular complexity index is 3310. The molecule has 12 rings (SSSR count). The first-order valence-corrected chi connectivity index (χ1v) is 18.9. The van der Waals surface area contributed by atoms with Gasteiger partial charge in [0.1, 0.15) is 4.83 Å². The third kappa shape index (κ3) is 3.71. The van der Waals surface area contributed by atoms with E-state index in [1.165, 1.54) is 89.9 Å². The zero-order valence-electron chi connectivity index (χ0n) is 27.2. The normalized spacial score (nSPS) is 12.3. The molecule has 0 saturated heterocycles. The SMILES string of the molecule is c1ccc(-n2c3ccc(-n4c5ccccc5c5ccccc54)cc3c3cc(-n4c5sc6ccccc6c5c5sc6ccccc6c54)ccc32)cc1. The van der Waals surface area contributed by atoms with Gasteiger partial charge in [0, 0.05) is 64.2 Å². The third-order valence-corrected chi connectivity index (χ3v) is 13.0. The van der Waals surface area contributed by atoms with Gasteiger partial charge >= 0.3 is 0 Å². The third-order valence-electron chi connectivity index (χ3n) is 10.6. The standard InChI is InChI=1S/C46H27N3S2/c1-2-12-28(13-3-1)47-39-24-22-29(48-37-18-8-4-14-31(37)32-15-5-9-19-38(32)48)26-35(39)36-27-30(23-25-40(36)47)49-44-34-17-7-11-21-42(34)50-45(44)43-33-16-6-10-20-41(33)51-46(43)49/h1-27H. The van der Waals surface area contributed by atoms with Gasteiger partial charge in [-0.2, -0.15) is 0 Å². The number of benzene rings is 7. The second-order valence-electron chi connectivity index (χ2n) is 13.3. The van der Waals surface area contributed by atoms with Gasteiger partial charge in [-0.1, -0.05) is 91.0 Å². The highest BCUT2D eigenvalue weighted by Gasteiger charge is 2.23. The van der Waals surface area contributed by atoms with E-state index in [4.69, 9.17) is 0 Å². The molecule has 0 unspecified atom stereocenters. The van der Waals surface area contributed by atoms with E-state index in [0.717, 1.165) is 11.4 Å². The lowest BCUT2D eigenvalue weighted by Gasteiger charge is -2.10. The number of para-hydroxylation sites is 3. The topological polar surface area (TPSA) is 14.8 Å². The minimum Gasteiger partial charge on any atom is -0.309 e. The molecule has 0 aliphatic carbocycles. The van der Waals surface area contributed by atoms with E-state index in [-0.39, 0.29) is 0 Å². The van der Waals surface area contributed by atoms with Crippen LogP contribution in [0.15, 0.2) is 164 Å². The molecule has 238 valence electrons. The fourth-order valence-electron chi connectivity index (χ4n) is 8.51. The molecule has 0 aliphatic heterocycles. The van der Waals surface area contributed by atoms with Gasteiger partial charge in [0.15, 0.2) is 0 Å². The van der Waals surface area contributed by atoms with Crippen LogP contribution < -0.4 is 0 Å². The Morgan fingerprint density at radius 2 is 0.824 bits per heavy atom. The fraction of sp³-hybridized carbons (Fsp3) is 0. The molecule has 0 radical (unpaired) electrons. The maximum atomic E-state index is 2.54. The van der Waals surface area contributed by atoms with E-state index in [1.807, 2.05) is 22.7 Å². The molecular formula is C46H27N3S2. The molecule has 0 saturated carbocycles. The van der Waals surface area contributed by atoms with E-state index in [9.17, 15) is 0 Å². The number of hydrogen-bond acceptors (Lipinski definition) is 2. The monoisotopic (exact) mass is 685 g/mol. The van der Waals surface area contributed by atoms with Crippen molar-refractivity contribution in [2.45, 2.75) is 0 Å². The summed E-state index contributed by atoms with van der Waals surface area (Å²) in [5.74, 6) is 0. The van der Waals surface area contributed by atoms with E-state index < -0.39 is 0 Å². The second-order valence-corrected chi connectivity index (χ2v) is 15.4. The van der Waals surface area contributed by atoms with Gasteiger partial charge in [0.2, 0.25) is 0 Å². The molecule has 0 aliphatic rings. The average Bonchev–Trinajstić information content (AvgIpc) is 3.97. The van der Waals surface area contributed by atoms with Crippen LogP contribution in [0.1, 0.15) is 0 Å². The maximum absolute atomic E-state index is 2.54. The van der Waals surface area contributed by atoms with Gasteiger partial charge in [-0.15, -0.1) is 22.7 Å². The number of thiophene rings is 2.